The van der Waals surface area contributed by atoms with E-state index in [1.807, 2.05) is 75.0 Å². The van der Waals surface area contributed by atoms with Crippen LogP contribution in [0, 0.1) is 20.8 Å². The van der Waals surface area contributed by atoms with Crippen LogP contribution in [0.15, 0.2) is 58.5 Å². The molecule has 0 aliphatic heterocycles. The second-order valence-corrected chi connectivity index (χ2v) is 8.31. The third kappa shape index (κ3) is 4.13. The molecule has 0 aliphatic rings. The number of hydrogen-bond donors (Lipinski definition) is 0. The molecule has 0 spiro atoms. The van der Waals surface area contributed by atoms with Gasteiger partial charge in [-0.1, -0.05) is 42.1 Å². The lowest BCUT2D eigenvalue weighted by Crippen LogP contribution is -2.22. The van der Waals surface area contributed by atoms with Crippen molar-refractivity contribution in [2.45, 2.75) is 25.9 Å². The van der Waals surface area contributed by atoms with Gasteiger partial charge in [0.1, 0.15) is 5.75 Å². The minimum absolute atomic E-state index is 0.174. The lowest BCUT2D eigenvalue weighted by atomic mass is 10.1. The summed E-state index contributed by atoms with van der Waals surface area (Å²) in [6.07, 6.45) is 0. The van der Waals surface area contributed by atoms with Crippen molar-refractivity contribution in [3.05, 3.63) is 75.7 Å². The van der Waals surface area contributed by atoms with Crippen LogP contribution in [-0.2, 0) is 7.05 Å². The second kappa shape index (κ2) is 8.81. The van der Waals surface area contributed by atoms with E-state index < -0.39 is 0 Å². The van der Waals surface area contributed by atoms with Crippen LogP contribution in [0.2, 0.25) is 0 Å². The van der Waals surface area contributed by atoms with Crippen molar-refractivity contribution < 1.29 is 4.74 Å². The molecule has 160 valence electrons. The lowest BCUT2D eigenvalue weighted by Gasteiger charge is -2.09. The third-order valence-electron chi connectivity index (χ3n) is 5.09. The molecule has 0 bridgehead atoms. The van der Waals surface area contributed by atoms with Crippen molar-refractivity contribution in [3.63, 3.8) is 0 Å². The van der Waals surface area contributed by atoms with Crippen molar-refractivity contribution >= 4 is 11.8 Å². The number of rotatable bonds is 7. The van der Waals surface area contributed by atoms with E-state index in [1.165, 1.54) is 16.4 Å². The zero-order valence-electron chi connectivity index (χ0n) is 17.9. The molecule has 4 aromatic rings. The van der Waals surface area contributed by atoms with Crippen LogP contribution in [0.1, 0.15) is 16.8 Å². The normalized spacial score (nSPS) is 11.1. The fraction of sp³-hybridized carbons (Fsp3) is 0.273. The monoisotopic (exact) mass is 436 g/mol. The Morgan fingerprint density at radius 3 is 2.61 bits per heavy atom. The Kier molecular flexibility index (Phi) is 5.94. The summed E-state index contributed by atoms with van der Waals surface area (Å²) in [5, 5.41) is 12.6. The number of ether oxygens (including phenoxy) is 1. The second-order valence-electron chi connectivity index (χ2n) is 7.25. The maximum Gasteiger partial charge on any atom is 0.297 e. The number of nitrogens with zero attached hydrogens (tertiary/aromatic N) is 6. The van der Waals surface area contributed by atoms with E-state index in [0.29, 0.717) is 23.2 Å². The summed E-state index contributed by atoms with van der Waals surface area (Å²) in [5.74, 6) is 1.52. The van der Waals surface area contributed by atoms with E-state index in [4.69, 9.17) is 4.74 Å². The third-order valence-corrected chi connectivity index (χ3v) is 5.98. The number of hydrogen-bond acceptors (Lipinski definition) is 6. The molecule has 0 radical (unpaired) electrons. The van der Waals surface area contributed by atoms with Crippen molar-refractivity contribution in [2.75, 3.05) is 12.4 Å². The summed E-state index contributed by atoms with van der Waals surface area (Å²) in [5.41, 5.74) is 4.08. The van der Waals surface area contributed by atoms with Gasteiger partial charge in [-0.3, -0.25) is 9.48 Å². The molecule has 9 heteroatoms. The highest BCUT2D eigenvalue weighted by Crippen LogP contribution is 2.22. The van der Waals surface area contributed by atoms with Gasteiger partial charge in [-0.2, -0.15) is 4.68 Å². The number of aromatic nitrogens is 6. The number of tetrazole rings is 1. The minimum atomic E-state index is -0.174. The van der Waals surface area contributed by atoms with Crippen molar-refractivity contribution in [2.24, 2.45) is 7.05 Å². The average molecular weight is 437 g/mol. The highest BCUT2D eigenvalue weighted by Gasteiger charge is 2.21. The molecule has 0 unspecified atom stereocenters. The zero-order valence-corrected chi connectivity index (χ0v) is 18.8. The van der Waals surface area contributed by atoms with Crippen LogP contribution in [0.3, 0.4) is 0 Å². The molecule has 0 amide bonds. The van der Waals surface area contributed by atoms with Crippen LogP contribution in [0.25, 0.3) is 11.4 Å². The van der Waals surface area contributed by atoms with Crippen molar-refractivity contribution in [3.8, 4) is 17.1 Å². The van der Waals surface area contributed by atoms with Crippen LogP contribution in [-0.4, -0.2) is 41.9 Å². The maximum atomic E-state index is 13.2. The van der Waals surface area contributed by atoms with Gasteiger partial charge in [-0.25, -0.2) is 4.68 Å². The molecule has 31 heavy (non-hydrogen) atoms. The van der Waals surface area contributed by atoms with Crippen LogP contribution < -0.4 is 10.3 Å². The van der Waals surface area contributed by atoms with E-state index in [2.05, 4.69) is 21.6 Å². The molecule has 0 aliphatic carbocycles. The quantitative estimate of drug-likeness (QED) is 0.327. The summed E-state index contributed by atoms with van der Waals surface area (Å²) < 4.78 is 10.9. The van der Waals surface area contributed by atoms with Gasteiger partial charge in [-0.05, 0) is 60.5 Å². The molecule has 0 saturated carbocycles. The van der Waals surface area contributed by atoms with Gasteiger partial charge in [-0.15, -0.1) is 5.10 Å². The minimum Gasteiger partial charge on any atom is -0.492 e. The topological polar surface area (TPSA) is 79.8 Å². The number of thioether (sulfide) groups is 1. The highest BCUT2D eigenvalue weighted by molar-refractivity contribution is 7.99. The molecule has 2 aromatic heterocycles. The number of aryl methyl sites for hydroxylation is 2. The Morgan fingerprint density at radius 2 is 1.84 bits per heavy atom. The van der Waals surface area contributed by atoms with Gasteiger partial charge in [0, 0.05) is 12.8 Å². The molecular formula is C22H24N6O2S. The van der Waals surface area contributed by atoms with Crippen LogP contribution in [0.4, 0.5) is 0 Å². The predicted octanol–water partition coefficient (Wildman–Crippen LogP) is 3.25. The summed E-state index contributed by atoms with van der Waals surface area (Å²) in [4.78, 5) is 13.2. The smallest absolute Gasteiger partial charge is 0.297 e. The first-order valence-corrected chi connectivity index (χ1v) is 10.9. The highest BCUT2D eigenvalue weighted by atomic mass is 32.2. The first-order valence-electron chi connectivity index (χ1n) is 9.93. The molecule has 2 aromatic carbocycles. The molecule has 0 N–H and O–H groups in total. The number of para-hydroxylation sites is 1. The summed E-state index contributed by atoms with van der Waals surface area (Å²) in [7, 11) is 1.85. The van der Waals surface area contributed by atoms with Gasteiger partial charge in [0.05, 0.1) is 18.0 Å². The first kappa shape index (κ1) is 20.9. The van der Waals surface area contributed by atoms with Crippen molar-refractivity contribution in [1.29, 1.82) is 0 Å². The molecule has 8 nitrogen and oxygen atoms in total. The van der Waals surface area contributed by atoms with E-state index in [1.54, 1.807) is 4.68 Å². The Hall–Kier alpha value is -3.33. The maximum absolute atomic E-state index is 13.2. The summed E-state index contributed by atoms with van der Waals surface area (Å²) in [6, 6.07) is 15.7. The van der Waals surface area contributed by atoms with E-state index >= 15 is 0 Å². The van der Waals surface area contributed by atoms with Crippen molar-refractivity contribution in [1.82, 2.24) is 29.6 Å². The van der Waals surface area contributed by atoms with E-state index in [0.717, 1.165) is 28.3 Å². The van der Waals surface area contributed by atoms with Gasteiger partial charge in [0.25, 0.3) is 5.56 Å². The molecule has 0 fully saturated rings. The largest absolute Gasteiger partial charge is 0.492 e. The summed E-state index contributed by atoms with van der Waals surface area (Å²) in [6.45, 7) is 6.46. The van der Waals surface area contributed by atoms with Gasteiger partial charge in [0.2, 0.25) is 5.16 Å². The van der Waals surface area contributed by atoms with Gasteiger partial charge < -0.3 is 4.74 Å². The fourth-order valence-electron chi connectivity index (χ4n) is 3.35. The fourth-order valence-corrected chi connectivity index (χ4v) is 4.05. The standard InChI is InChI=1S/C22H24N6O2S/c1-15-10-11-16(2)19(14-15)30-12-13-31-22-23-24-25-27(22)20-17(3)26(4)28(21(20)29)18-8-6-5-7-9-18/h5-11,14H,12-13H2,1-4H3. The SMILES string of the molecule is Cc1ccc(C)c(OCCSc2nnnn2-c2c(C)n(C)n(-c3ccccc3)c2=O)c1. The Balaban J connectivity index is 1.54. The lowest BCUT2D eigenvalue weighted by molar-refractivity contribution is 0.341. The zero-order chi connectivity index (χ0) is 22.0. The average Bonchev–Trinajstić information content (AvgIpc) is 3.30. The number of benzene rings is 2. The summed E-state index contributed by atoms with van der Waals surface area (Å²) >= 11 is 1.45. The predicted molar refractivity (Wildman–Crippen MR) is 121 cm³/mol. The Labute approximate surface area is 184 Å². The Morgan fingerprint density at radius 1 is 1.06 bits per heavy atom. The molecule has 0 atom stereocenters. The molecule has 2 heterocycles. The molecule has 4 rings (SSSR count). The van der Waals surface area contributed by atoms with Crippen LogP contribution >= 0.6 is 11.8 Å². The van der Waals surface area contributed by atoms with Gasteiger partial charge >= 0.3 is 0 Å². The van der Waals surface area contributed by atoms with E-state index in [9.17, 15) is 4.79 Å². The first-order chi connectivity index (χ1) is 15.0. The van der Waals surface area contributed by atoms with Crippen LogP contribution in [0.5, 0.6) is 5.75 Å². The van der Waals surface area contributed by atoms with E-state index in [-0.39, 0.29) is 5.56 Å². The Bertz CT molecular complexity index is 1260. The molecular weight excluding hydrogens is 412 g/mol. The molecule has 0 saturated heterocycles. The van der Waals surface area contributed by atoms with Gasteiger partial charge in [0.15, 0.2) is 5.69 Å².